The van der Waals surface area contributed by atoms with E-state index in [1.807, 2.05) is 6.07 Å². The molecule has 1 aliphatic rings. The molecule has 0 amide bonds. The number of rotatable bonds is 3. The molecular weight excluding hydrogens is 264 g/mol. The molecule has 0 aromatic heterocycles. The zero-order valence-electron chi connectivity index (χ0n) is 13.3. The zero-order valence-corrected chi connectivity index (χ0v) is 13.3. The van der Waals surface area contributed by atoms with Gasteiger partial charge in [-0.25, -0.2) is 0 Å². The smallest absolute Gasteiger partial charge is 0.302 e. The largest absolute Gasteiger partial charge is 0.469 e. The van der Waals surface area contributed by atoms with E-state index in [0.717, 1.165) is 25.7 Å². The topological polar surface area (TPSA) is 43.4 Å². The lowest BCUT2D eigenvalue weighted by atomic mass is 9.77. The van der Waals surface area contributed by atoms with Crippen molar-refractivity contribution in [3.63, 3.8) is 0 Å². The van der Waals surface area contributed by atoms with Crippen LogP contribution in [0.15, 0.2) is 30.3 Å². The first-order valence-electron chi connectivity index (χ1n) is 7.68. The molecule has 0 radical (unpaired) electrons. The number of hydrogen-bond acceptors (Lipinski definition) is 3. The normalized spacial score (nSPS) is 21.2. The predicted molar refractivity (Wildman–Crippen MR) is 84.0 cm³/mol. The molecule has 2 atom stereocenters. The molecule has 1 aromatic rings. The number of carbonyl (C=O) groups excluding carboxylic acids is 2. The molecule has 0 heterocycles. The van der Waals surface area contributed by atoms with E-state index in [1.165, 1.54) is 26.0 Å². The van der Waals surface area contributed by atoms with Crippen molar-refractivity contribution in [3.05, 3.63) is 35.9 Å². The van der Waals surface area contributed by atoms with Gasteiger partial charge in [0, 0.05) is 19.3 Å². The molecule has 0 saturated heterocycles. The van der Waals surface area contributed by atoms with Crippen LogP contribution in [0.4, 0.5) is 0 Å². The van der Waals surface area contributed by atoms with Gasteiger partial charge in [-0.1, -0.05) is 37.3 Å². The van der Waals surface area contributed by atoms with Crippen LogP contribution < -0.4 is 0 Å². The summed E-state index contributed by atoms with van der Waals surface area (Å²) in [5, 5.41) is 0. The average molecular weight is 290 g/mol. The summed E-state index contributed by atoms with van der Waals surface area (Å²) in [7, 11) is 1.35. The van der Waals surface area contributed by atoms with Crippen molar-refractivity contribution in [2.75, 3.05) is 7.11 Å². The van der Waals surface area contributed by atoms with E-state index in [1.54, 1.807) is 0 Å². The Hall–Kier alpha value is -1.64. The third-order valence-corrected chi connectivity index (χ3v) is 4.02. The summed E-state index contributed by atoms with van der Waals surface area (Å²) in [4.78, 5) is 21.4. The van der Waals surface area contributed by atoms with Crippen molar-refractivity contribution >= 4 is 11.8 Å². The van der Waals surface area contributed by atoms with E-state index in [2.05, 4.69) is 35.9 Å². The number of benzene rings is 1. The Kier molecular flexibility index (Phi) is 7.73. The summed E-state index contributed by atoms with van der Waals surface area (Å²) in [5.41, 5.74) is 1.37. The molecule has 21 heavy (non-hydrogen) atoms. The first kappa shape index (κ1) is 17.4. The molecule has 1 fully saturated rings. The summed E-state index contributed by atoms with van der Waals surface area (Å²) >= 11 is 0. The minimum absolute atomic E-state index is 0.245. The molecule has 2 rings (SSSR count). The third kappa shape index (κ3) is 6.56. The molecule has 0 spiro atoms. The van der Waals surface area contributed by atoms with E-state index in [4.69, 9.17) is 0 Å². The number of esters is 1. The van der Waals surface area contributed by atoms with E-state index < -0.39 is 0 Å². The standard InChI is InChI=1S/C15H20O.C3H6O2/c1-2-14-9-8-13(11-15(14)16)10-12-6-4-3-5-7-12;1-3(4)5-2/h3-7,13-14H,2,8-11H2,1H3;1-2H3. The fourth-order valence-electron chi connectivity index (χ4n) is 2.70. The molecule has 2 unspecified atom stereocenters. The molecule has 1 aromatic carbocycles. The summed E-state index contributed by atoms with van der Waals surface area (Å²) in [6, 6.07) is 10.5. The molecule has 3 nitrogen and oxygen atoms in total. The second-order valence-electron chi connectivity index (χ2n) is 5.60. The van der Waals surface area contributed by atoms with Gasteiger partial charge in [0.1, 0.15) is 5.78 Å². The molecule has 1 saturated carbocycles. The lowest BCUT2D eigenvalue weighted by molar-refractivity contribution is -0.138. The van der Waals surface area contributed by atoms with Gasteiger partial charge in [-0.3, -0.25) is 9.59 Å². The van der Waals surface area contributed by atoms with Gasteiger partial charge >= 0.3 is 5.97 Å². The average Bonchev–Trinajstić information content (AvgIpc) is 2.49. The van der Waals surface area contributed by atoms with E-state index in [0.29, 0.717) is 17.6 Å². The summed E-state index contributed by atoms with van der Waals surface area (Å²) in [5.74, 6) is 1.18. The molecule has 116 valence electrons. The van der Waals surface area contributed by atoms with Crippen molar-refractivity contribution in [1.82, 2.24) is 0 Å². The Bertz CT molecular complexity index is 439. The minimum Gasteiger partial charge on any atom is -0.469 e. The number of ether oxygens (including phenoxy) is 1. The van der Waals surface area contributed by atoms with Gasteiger partial charge < -0.3 is 4.74 Å². The number of methoxy groups -OCH3 is 1. The van der Waals surface area contributed by atoms with Crippen molar-refractivity contribution in [1.29, 1.82) is 0 Å². The van der Waals surface area contributed by atoms with Crippen molar-refractivity contribution in [2.45, 2.75) is 46.0 Å². The molecule has 0 N–H and O–H groups in total. The van der Waals surface area contributed by atoms with Gasteiger partial charge in [0.2, 0.25) is 0 Å². The number of Topliss-reactive ketones (excluding diaryl/α,β-unsaturated/α-hetero) is 1. The second-order valence-corrected chi connectivity index (χ2v) is 5.60. The SMILES string of the molecule is CCC1CCC(Cc2ccccc2)CC1=O.COC(C)=O. The Balaban J connectivity index is 0.000000383. The highest BCUT2D eigenvalue weighted by molar-refractivity contribution is 5.81. The Morgan fingerprint density at radius 3 is 2.33 bits per heavy atom. The van der Waals surface area contributed by atoms with E-state index >= 15 is 0 Å². The van der Waals surface area contributed by atoms with Gasteiger partial charge in [0.25, 0.3) is 0 Å². The van der Waals surface area contributed by atoms with Crippen LogP contribution >= 0.6 is 0 Å². The fourth-order valence-corrected chi connectivity index (χ4v) is 2.70. The molecule has 3 heteroatoms. The number of carbonyl (C=O) groups is 2. The van der Waals surface area contributed by atoms with Crippen molar-refractivity contribution < 1.29 is 14.3 Å². The summed E-state index contributed by atoms with van der Waals surface area (Å²) < 4.78 is 4.11. The first-order chi connectivity index (χ1) is 10.1. The molecular formula is C18H26O3. The second kappa shape index (κ2) is 9.32. The molecule has 0 aliphatic heterocycles. The van der Waals surface area contributed by atoms with Crippen LogP contribution in [0, 0.1) is 11.8 Å². The highest BCUT2D eigenvalue weighted by Gasteiger charge is 2.26. The molecule has 0 bridgehead atoms. The maximum atomic E-state index is 11.8. The van der Waals surface area contributed by atoms with Crippen LogP contribution in [0.25, 0.3) is 0 Å². The summed E-state index contributed by atoms with van der Waals surface area (Å²) in [6.45, 7) is 3.49. The zero-order chi connectivity index (χ0) is 15.7. The Morgan fingerprint density at radius 1 is 1.24 bits per heavy atom. The van der Waals surface area contributed by atoms with Gasteiger partial charge in [-0.2, -0.15) is 0 Å². The van der Waals surface area contributed by atoms with Gasteiger partial charge in [-0.05, 0) is 37.2 Å². The van der Waals surface area contributed by atoms with E-state index in [9.17, 15) is 9.59 Å². The van der Waals surface area contributed by atoms with Crippen LogP contribution in [-0.2, 0) is 20.7 Å². The Morgan fingerprint density at radius 2 is 1.86 bits per heavy atom. The van der Waals surface area contributed by atoms with Crippen LogP contribution in [0.1, 0.15) is 45.1 Å². The van der Waals surface area contributed by atoms with Gasteiger partial charge in [0.05, 0.1) is 7.11 Å². The van der Waals surface area contributed by atoms with Crippen molar-refractivity contribution in [2.24, 2.45) is 11.8 Å². The van der Waals surface area contributed by atoms with Crippen LogP contribution in [0.5, 0.6) is 0 Å². The van der Waals surface area contributed by atoms with Crippen LogP contribution in [0.2, 0.25) is 0 Å². The third-order valence-electron chi connectivity index (χ3n) is 4.02. The number of ketones is 1. The highest BCUT2D eigenvalue weighted by atomic mass is 16.5. The highest BCUT2D eigenvalue weighted by Crippen LogP contribution is 2.30. The van der Waals surface area contributed by atoms with Gasteiger partial charge in [-0.15, -0.1) is 0 Å². The van der Waals surface area contributed by atoms with Crippen LogP contribution in [-0.4, -0.2) is 18.9 Å². The monoisotopic (exact) mass is 290 g/mol. The fraction of sp³-hybridized carbons (Fsp3) is 0.556. The lowest BCUT2D eigenvalue weighted by Crippen LogP contribution is -2.25. The van der Waals surface area contributed by atoms with Gasteiger partial charge in [0.15, 0.2) is 0 Å². The van der Waals surface area contributed by atoms with Crippen LogP contribution in [0.3, 0.4) is 0 Å². The quantitative estimate of drug-likeness (QED) is 0.795. The summed E-state index contributed by atoms with van der Waals surface area (Å²) in [6.07, 6.45) is 5.22. The maximum absolute atomic E-state index is 11.8. The number of hydrogen-bond donors (Lipinski definition) is 0. The molecule has 1 aliphatic carbocycles. The minimum atomic E-state index is -0.245. The predicted octanol–water partition coefficient (Wildman–Crippen LogP) is 3.80. The van der Waals surface area contributed by atoms with Crippen molar-refractivity contribution in [3.8, 4) is 0 Å². The maximum Gasteiger partial charge on any atom is 0.302 e. The Labute approximate surface area is 127 Å². The lowest BCUT2D eigenvalue weighted by Gasteiger charge is -2.26. The van der Waals surface area contributed by atoms with E-state index in [-0.39, 0.29) is 5.97 Å². The first-order valence-corrected chi connectivity index (χ1v) is 7.68.